The van der Waals surface area contributed by atoms with Crippen LogP contribution in [0.4, 0.5) is 0 Å². The third-order valence-electron chi connectivity index (χ3n) is 2.95. The van der Waals surface area contributed by atoms with Gasteiger partial charge in [0, 0.05) is 31.9 Å². The molecule has 2 rings (SSSR count). The zero-order valence-corrected chi connectivity index (χ0v) is 10.4. The molecule has 4 nitrogen and oxygen atoms in total. The molecular weight excluding hydrogens is 202 g/mol. The molecule has 1 aromatic heterocycles. The third kappa shape index (κ3) is 2.61. The van der Waals surface area contributed by atoms with Crippen LogP contribution in [-0.4, -0.2) is 26.5 Å². The summed E-state index contributed by atoms with van der Waals surface area (Å²) >= 11 is 0. The molecule has 2 heterocycles. The molecule has 0 amide bonds. The van der Waals surface area contributed by atoms with E-state index in [-0.39, 0.29) is 12.0 Å². The van der Waals surface area contributed by atoms with Gasteiger partial charge in [0.05, 0.1) is 0 Å². The van der Waals surface area contributed by atoms with Crippen molar-refractivity contribution in [3.8, 4) is 0 Å². The fraction of sp³-hybridized carbons (Fsp3) is 0.833. The molecule has 1 unspecified atom stereocenters. The van der Waals surface area contributed by atoms with E-state index in [9.17, 15) is 0 Å². The van der Waals surface area contributed by atoms with Crippen molar-refractivity contribution in [1.29, 1.82) is 0 Å². The predicted octanol–water partition coefficient (Wildman–Crippen LogP) is 1.42. The van der Waals surface area contributed by atoms with E-state index in [0.29, 0.717) is 5.92 Å². The highest BCUT2D eigenvalue weighted by molar-refractivity contribution is 4.98. The number of hydrogen-bond acceptors (Lipinski definition) is 3. The summed E-state index contributed by atoms with van der Waals surface area (Å²) in [5.74, 6) is 2.39. The fourth-order valence-electron chi connectivity index (χ4n) is 2.12. The minimum absolute atomic E-state index is 0.230. The Labute approximate surface area is 96.7 Å². The fourth-order valence-corrected chi connectivity index (χ4v) is 2.12. The second kappa shape index (κ2) is 4.17. The molecule has 4 heteroatoms. The van der Waals surface area contributed by atoms with Crippen molar-refractivity contribution in [1.82, 2.24) is 14.8 Å². The van der Waals surface area contributed by atoms with Crippen LogP contribution in [0.2, 0.25) is 0 Å². The maximum atomic E-state index is 9.15. The van der Waals surface area contributed by atoms with Crippen LogP contribution >= 0.6 is 0 Å². The molecule has 1 aromatic rings. The molecule has 0 saturated carbocycles. The molecule has 0 aliphatic carbocycles. The van der Waals surface area contributed by atoms with E-state index in [2.05, 4.69) is 30.9 Å². The van der Waals surface area contributed by atoms with Crippen molar-refractivity contribution >= 4 is 0 Å². The van der Waals surface area contributed by atoms with Gasteiger partial charge >= 0.3 is 0 Å². The van der Waals surface area contributed by atoms with Gasteiger partial charge in [0.1, 0.15) is 5.82 Å². The average Bonchev–Trinajstić information content (AvgIpc) is 2.55. The number of aliphatic hydroxyl groups excluding tert-OH is 1. The topological polar surface area (TPSA) is 50.9 Å². The lowest BCUT2D eigenvalue weighted by molar-refractivity contribution is 0.185. The first kappa shape index (κ1) is 11.6. The number of fused-ring (bicyclic) bond motifs is 1. The summed E-state index contributed by atoms with van der Waals surface area (Å²) in [4.78, 5) is 4.58. The zero-order chi connectivity index (χ0) is 11.8. The average molecular weight is 223 g/mol. The largest absolute Gasteiger partial charge is 0.396 e. The molecule has 1 atom stereocenters. The minimum Gasteiger partial charge on any atom is -0.396 e. The van der Waals surface area contributed by atoms with Gasteiger partial charge in [-0.25, -0.2) is 9.67 Å². The summed E-state index contributed by atoms with van der Waals surface area (Å²) in [7, 11) is 0. The van der Waals surface area contributed by atoms with Gasteiger partial charge in [-0.15, -0.1) is 0 Å². The van der Waals surface area contributed by atoms with Gasteiger partial charge in [0.25, 0.3) is 0 Å². The number of nitrogens with zero attached hydrogens (tertiary/aromatic N) is 3. The highest BCUT2D eigenvalue weighted by atomic mass is 16.3. The quantitative estimate of drug-likeness (QED) is 0.825. The molecule has 90 valence electrons. The van der Waals surface area contributed by atoms with Crippen LogP contribution in [0.15, 0.2) is 0 Å². The molecule has 16 heavy (non-hydrogen) atoms. The molecule has 0 aromatic carbocycles. The molecule has 1 aliphatic rings. The molecule has 0 saturated heterocycles. The van der Waals surface area contributed by atoms with Crippen molar-refractivity contribution in [2.75, 3.05) is 6.61 Å². The van der Waals surface area contributed by atoms with Gasteiger partial charge in [-0.2, -0.15) is 5.10 Å². The van der Waals surface area contributed by atoms with Crippen LogP contribution in [0.1, 0.15) is 38.8 Å². The van der Waals surface area contributed by atoms with Crippen molar-refractivity contribution in [2.45, 2.75) is 46.6 Å². The lowest BCUT2D eigenvalue weighted by Gasteiger charge is -2.19. The van der Waals surface area contributed by atoms with E-state index in [1.807, 2.05) is 4.68 Å². The Hall–Kier alpha value is -0.900. The van der Waals surface area contributed by atoms with Crippen LogP contribution in [-0.2, 0) is 19.4 Å². The van der Waals surface area contributed by atoms with Crippen molar-refractivity contribution in [3.63, 3.8) is 0 Å². The Bertz CT molecular complexity index is 365. The highest BCUT2D eigenvalue weighted by Crippen LogP contribution is 2.22. The van der Waals surface area contributed by atoms with Crippen molar-refractivity contribution in [3.05, 3.63) is 11.6 Å². The summed E-state index contributed by atoms with van der Waals surface area (Å²) in [5.41, 5.74) is 0.230. The van der Waals surface area contributed by atoms with Crippen molar-refractivity contribution in [2.24, 2.45) is 11.3 Å². The van der Waals surface area contributed by atoms with Crippen LogP contribution in [0.3, 0.4) is 0 Å². The lowest BCUT2D eigenvalue weighted by Crippen LogP contribution is -2.23. The number of aryl methyl sites for hydroxylation is 1. The smallest absolute Gasteiger partial charge is 0.151 e. The Balaban J connectivity index is 2.12. The molecule has 0 bridgehead atoms. The first-order chi connectivity index (χ1) is 7.48. The molecular formula is C12H21N3O. The Morgan fingerprint density at radius 2 is 2.19 bits per heavy atom. The minimum atomic E-state index is 0.230. The summed E-state index contributed by atoms with van der Waals surface area (Å²) in [6.07, 6.45) is 2.89. The van der Waals surface area contributed by atoms with Crippen molar-refractivity contribution < 1.29 is 5.11 Å². The number of aromatic nitrogens is 3. The molecule has 0 spiro atoms. The van der Waals surface area contributed by atoms with Crippen LogP contribution in [0.5, 0.6) is 0 Å². The van der Waals surface area contributed by atoms with E-state index in [1.54, 1.807) is 0 Å². The SMILES string of the molecule is CC(C)(C)Cc1nc2n(n1)CC(CO)CC2. The van der Waals surface area contributed by atoms with Gasteiger partial charge in [-0.05, 0) is 11.8 Å². The zero-order valence-electron chi connectivity index (χ0n) is 10.4. The van der Waals surface area contributed by atoms with E-state index in [0.717, 1.165) is 37.5 Å². The monoisotopic (exact) mass is 223 g/mol. The van der Waals surface area contributed by atoms with E-state index >= 15 is 0 Å². The first-order valence-corrected chi connectivity index (χ1v) is 6.01. The first-order valence-electron chi connectivity index (χ1n) is 6.01. The molecule has 1 N–H and O–H groups in total. The second-order valence-corrected chi connectivity index (χ2v) is 5.95. The van der Waals surface area contributed by atoms with Gasteiger partial charge in [-0.3, -0.25) is 0 Å². The van der Waals surface area contributed by atoms with E-state index in [1.165, 1.54) is 0 Å². The standard InChI is InChI=1S/C12H21N3O/c1-12(2,3)6-10-13-11-5-4-9(8-16)7-15(11)14-10/h9,16H,4-8H2,1-3H3. The van der Waals surface area contributed by atoms with E-state index < -0.39 is 0 Å². The predicted molar refractivity (Wildman–Crippen MR) is 62.1 cm³/mol. The normalized spacial score (nSPS) is 20.9. The highest BCUT2D eigenvalue weighted by Gasteiger charge is 2.22. The Kier molecular flexibility index (Phi) is 3.02. The third-order valence-corrected chi connectivity index (χ3v) is 2.95. The number of rotatable bonds is 2. The number of hydrogen-bond donors (Lipinski definition) is 1. The van der Waals surface area contributed by atoms with Gasteiger partial charge in [-0.1, -0.05) is 20.8 Å². The van der Waals surface area contributed by atoms with Gasteiger partial charge in [0.15, 0.2) is 5.82 Å². The van der Waals surface area contributed by atoms with E-state index in [4.69, 9.17) is 5.11 Å². The molecule has 0 fully saturated rings. The van der Waals surface area contributed by atoms with Crippen LogP contribution < -0.4 is 0 Å². The van der Waals surface area contributed by atoms with Gasteiger partial charge < -0.3 is 5.11 Å². The lowest BCUT2D eigenvalue weighted by atomic mass is 9.92. The summed E-state index contributed by atoms with van der Waals surface area (Å²) < 4.78 is 1.98. The Morgan fingerprint density at radius 3 is 2.81 bits per heavy atom. The molecule has 1 aliphatic heterocycles. The Morgan fingerprint density at radius 1 is 1.44 bits per heavy atom. The van der Waals surface area contributed by atoms with Gasteiger partial charge in [0.2, 0.25) is 0 Å². The maximum Gasteiger partial charge on any atom is 0.151 e. The second-order valence-electron chi connectivity index (χ2n) is 5.95. The van der Waals surface area contributed by atoms with Crippen LogP contribution in [0.25, 0.3) is 0 Å². The summed E-state index contributed by atoms with van der Waals surface area (Å²) in [6.45, 7) is 7.67. The van der Waals surface area contributed by atoms with Crippen LogP contribution in [0, 0.1) is 11.3 Å². The maximum absolute atomic E-state index is 9.15. The summed E-state index contributed by atoms with van der Waals surface area (Å²) in [6, 6.07) is 0. The molecule has 0 radical (unpaired) electrons. The number of aliphatic hydroxyl groups is 1. The summed E-state index contributed by atoms with van der Waals surface area (Å²) in [5, 5.41) is 13.7.